The van der Waals surface area contributed by atoms with E-state index in [0.29, 0.717) is 10.0 Å². The van der Waals surface area contributed by atoms with Crippen molar-refractivity contribution in [2.75, 3.05) is 0 Å². The topological polar surface area (TPSA) is 45.1 Å². The Hall–Kier alpha value is -1.56. The minimum absolute atomic E-state index is 0.0669. The third kappa shape index (κ3) is 3.52. The number of nitrogens with zero attached hydrogens (tertiary/aromatic N) is 1. The van der Waals surface area contributed by atoms with Gasteiger partial charge in [-0.1, -0.05) is 34.6 Å². The Morgan fingerprint density at radius 2 is 2.26 bits per heavy atom. The highest BCUT2D eigenvalue weighted by Gasteiger charge is 2.28. The molecule has 0 spiro atoms. The summed E-state index contributed by atoms with van der Waals surface area (Å²) >= 11 is 3.24. The fourth-order valence-corrected chi connectivity index (χ4v) is 3.30. The number of hydrogen-bond acceptors (Lipinski definition) is 3. The summed E-state index contributed by atoms with van der Waals surface area (Å²) in [5.74, 6) is -0.360. The molecule has 0 amide bonds. The molecule has 2 N–H and O–H groups in total. The van der Waals surface area contributed by atoms with E-state index >= 15 is 0 Å². The average molecular weight is 377 g/mol. The van der Waals surface area contributed by atoms with Crippen molar-refractivity contribution in [2.24, 2.45) is 0 Å². The molecule has 1 aliphatic carbocycles. The van der Waals surface area contributed by atoms with Crippen LogP contribution in [0.25, 0.3) is 5.57 Å². The van der Waals surface area contributed by atoms with Gasteiger partial charge in [0.05, 0.1) is 5.69 Å². The summed E-state index contributed by atoms with van der Waals surface area (Å²) in [6, 6.07) is 8.76. The molecule has 2 atom stereocenters. The van der Waals surface area contributed by atoms with Crippen LogP contribution >= 0.6 is 15.9 Å². The van der Waals surface area contributed by atoms with Crippen LogP contribution in [-0.4, -0.2) is 16.3 Å². The van der Waals surface area contributed by atoms with E-state index in [1.54, 1.807) is 18.3 Å². The number of aliphatic hydroxyl groups excluding tert-OH is 1. The average Bonchev–Trinajstić information content (AvgIpc) is 2.54. The Bertz CT molecular complexity index is 735. The van der Waals surface area contributed by atoms with Gasteiger partial charge in [-0.2, -0.15) is 0 Å². The molecule has 3 rings (SSSR count). The zero-order chi connectivity index (χ0) is 16.4. The maximum absolute atomic E-state index is 13.9. The minimum Gasteiger partial charge on any atom is -0.378 e. The molecule has 120 valence electrons. The highest BCUT2D eigenvalue weighted by Crippen LogP contribution is 2.37. The van der Waals surface area contributed by atoms with Gasteiger partial charge in [0.1, 0.15) is 12.0 Å². The number of hydrogen-bond donors (Lipinski definition) is 2. The maximum atomic E-state index is 13.9. The molecule has 1 aromatic heterocycles. The zero-order valence-electron chi connectivity index (χ0n) is 12.6. The Kier molecular flexibility index (Phi) is 4.90. The van der Waals surface area contributed by atoms with Gasteiger partial charge in [0.2, 0.25) is 0 Å². The largest absolute Gasteiger partial charge is 0.378 e. The Labute approximate surface area is 143 Å². The van der Waals surface area contributed by atoms with Crippen molar-refractivity contribution in [2.45, 2.75) is 31.5 Å². The molecule has 2 unspecified atom stereocenters. The molecule has 1 aromatic carbocycles. The van der Waals surface area contributed by atoms with Crippen LogP contribution in [0, 0.1) is 5.82 Å². The smallest absolute Gasteiger partial charge is 0.128 e. The Balaban J connectivity index is 1.73. The summed E-state index contributed by atoms with van der Waals surface area (Å²) in [5.41, 5.74) is 3.40. The van der Waals surface area contributed by atoms with Crippen molar-refractivity contribution in [3.8, 4) is 0 Å². The van der Waals surface area contributed by atoms with Gasteiger partial charge in [-0.25, -0.2) is 4.39 Å². The number of rotatable bonds is 4. The van der Waals surface area contributed by atoms with Crippen LogP contribution < -0.4 is 5.32 Å². The molecule has 1 heterocycles. The van der Waals surface area contributed by atoms with Gasteiger partial charge in [-0.05, 0) is 42.2 Å². The lowest BCUT2D eigenvalue weighted by Crippen LogP contribution is -2.36. The summed E-state index contributed by atoms with van der Waals surface area (Å²) in [6.45, 7) is 4.32. The molecule has 0 saturated heterocycles. The highest BCUT2D eigenvalue weighted by atomic mass is 79.9. The molecule has 0 radical (unpaired) electrons. The molecule has 23 heavy (non-hydrogen) atoms. The van der Waals surface area contributed by atoms with Crippen molar-refractivity contribution in [3.05, 3.63) is 70.2 Å². The molecular weight excluding hydrogens is 359 g/mol. The molecule has 0 saturated carbocycles. The second kappa shape index (κ2) is 6.91. The predicted octanol–water partition coefficient (Wildman–Crippen LogP) is 3.98. The molecule has 1 aliphatic rings. The Morgan fingerprint density at radius 3 is 3.04 bits per heavy atom. The fraction of sp³-hybridized carbons (Fsp3) is 0.278. The van der Waals surface area contributed by atoms with Gasteiger partial charge < -0.3 is 5.11 Å². The number of pyridine rings is 1. The summed E-state index contributed by atoms with van der Waals surface area (Å²) in [6.07, 6.45) is 2.59. The predicted molar refractivity (Wildman–Crippen MR) is 92.2 cm³/mol. The number of nitrogens with one attached hydrogen (secondary N) is 1. The number of aromatic nitrogens is 1. The molecule has 5 heteroatoms. The van der Waals surface area contributed by atoms with Gasteiger partial charge in [0.15, 0.2) is 0 Å². The van der Waals surface area contributed by atoms with Gasteiger partial charge in [0, 0.05) is 28.7 Å². The van der Waals surface area contributed by atoms with Crippen molar-refractivity contribution in [3.63, 3.8) is 0 Å². The SMILES string of the molecule is C=C1CCC(C(O)NCc2ccc(Br)cc2F)c2cccnc21. The van der Waals surface area contributed by atoms with E-state index in [-0.39, 0.29) is 18.3 Å². The van der Waals surface area contributed by atoms with Gasteiger partial charge in [-0.3, -0.25) is 10.3 Å². The molecular formula is C18H18BrFN2O. The van der Waals surface area contributed by atoms with Crippen molar-refractivity contribution in [1.82, 2.24) is 10.3 Å². The van der Waals surface area contributed by atoms with Gasteiger partial charge in [-0.15, -0.1) is 0 Å². The molecule has 3 nitrogen and oxygen atoms in total. The van der Waals surface area contributed by atoms with Crippen molar-refractivity contribution < 1.29 is 9.50 Å². The number of aliphatic hydroxyl groups is 1. The maximum Gasteiger partial charge on any atom is 0.128 e. The van der Waals surface area contributed by atoms with E-state index in [0.717, 1.165) is 29.7 Å². The first-order chi connectivity index (χ1) is 11.1. The van der Waals surface area contributed by atoms with Crippen molar-refractivity contribution >= 4 is 21.5 Å². The van der Waals surface area contributed by atoms with Crippen LogP contribution in [0.5, 0.6) is 0 Å². The second-order valence-electron chi connectivity index (χ2n) is 5.75. The fourth-order valence-electron chi connectivity index (χ4n) is 2.97. The van der Waals surface area contributed by atoms with E-state index < -0.39 is 6.23 Å². The first kappa shape index (κ1) is 16.3. The van der Waals surface area contributed by atoms with E-state index in [2.05, 4.69) is 32.8 Å². The van der Waals surface area contributed by atoms with Gasteiger partial charge in [0.25, 0.3) is 0 Å². The minimum atomic E-state index is -0.755. The molecule has 0 fully saturated rings. The van der Waals surface area contributed by atoms with Crippen LogP contribution in [0.3, 0.4) is 0 Å². The third-order valence-corrected chi connectivity index (χ3v) is 4.72. The van der Waals surface area contributed by atoms with E-state index in [1.807, 2.05) is 12.1 Å². The lowest BCUT2D eigenvalue weighted by molar-refractivity contribution is 0.100. The monoisotopic (exact) mass is 376 g/mol. The van der Waals surface area contributed by atoms with Crippen molar-refractivity contribution in [1.29, 1.82) is 0 Å². The normalized spacial score (nSPS) is 18.6. The summed E-state index contributed by atoms with van der Waals surface area (Å²) in [5, 5.41) is 13.5. The van der Waals surface area contributed by atoms with Crippen LogP contribution in [-0.2, 0) is 6.54 Å². The molecule has 0 bridgehead atoms. The number of fused-ring (bicyclic) bond motifs is 1. The first-order valence-electron chi connectivity index (χ1n) is 7.54. The summed E-state index contributed by atoms with van der Waals surface area (Å²) in [7, 11) is 0. The molecule has 2 aromatic rings. The van der Waals surface area contributed by atoms with E-state index in [4.69, 9.17) is 0 Å². The number of benzene rings is 1. The second-order valence-corrected chi connectivity index (χ2v) is 6.67. The third-order valence-electron chi connectivity index (χ3n) is 4.23. The summed E-state index contributed by atoms with van der Waals surface area (Å²) < 4.78 is 14.6. The van der Waals surface area contributed by atoms with Crippen LogP contribution in [0.2, 0.25) is 0 Å². The Morgan fingerprint density at radius 1 is 1.43 bits per heavy atom. The molecule has 0 aliphatic heterocycles. The van der Waals surface area contributed by atoms with Gasteiger partial charge >= 0.3 is 0 Å². The highest BCUT2D eigenvalue weighted by molar-refractivity contribution is 9.10. The van der Waals surface area contributed by atoms with Crippen LogP contribution in [0.15, 0.2) is 47.6 Å². The standard InChI is InChI=1S/C18H18BrFN2O/c1-11-4-7-15(14-3-2-8-21-17(11)14)18(23)22-10-12-5-6-13(19)9-16(12)20/h2-3,5-6,8-9,15,18,22-23H,1,4,7,10H2. The first-order valence-corrected chi connectivity index (χ1v) is 8.34. The lowest BCUT2D eigenvalue weighted by atomic mass is 9.82. The summed E-state index contributed by atoms with van der Waals surface area (Å²) in [4.78, 5) is 4.37. The quantitative estimate of drug-likeness (QED) is 0.793. The number of halogens is 2. The number of allylic oxidation sites excluding steroid dienone is 1. The van der Waals surface area contributed by atoms with E-state index in [9.17, 15) is 9.50 Å². The lowest BCUT2D eigenvalue weighted by Gasteiger charge is -2.30. The van der Waals surface area contributed by atoms with E-state index in [1.165, 1.54) is 6.07 Å². The zero-order valence-corrected chi connectivity index (χ0v) is 14.2. The van der Waals surface area contributed by atoms with Crippen LogP contribution in [0.1, 0.15) is 35.6 Å². The van der Waals surface area contributed by atoms with Crippen LogP contribution in [0.4, 0.5) is 4.39 Å².